The average molecular weight is 421 g/mol. The molecule has 0 aliphatic carbocycles. The second kappa shape index (κ2) is 9.30. The van der Waals surface area contributed by atoms with Crippen LogP contribution in [0.1, 0.15) is 17.5 Å². The summed E-state index contributed by atoms with van der Waals surface area (Å²) in [5, 5.41) is 12.0. The molecule has 9 heteroatoms. The molecule has 0 saturated heterocycles. The van der Waals surface area contributed by atoms with Gasteiger partial charge < -0.3 is 15.3 Å². The Morgan fingerprint density at radius 2 is 1.81 bits per heavy atom. The molecule has 2 amide bonds. The second-order valence-electron chi connectivity index (χ2n) is 5.72. The number of rotatable bonds is 6. The van der Waals surface area contributed by atoms with E-state index in [9.17, 15) is 18.0 Å². The molecular formula is C18H17Cl2F3N2O2. The van der Waals surface area contributed by atoms with Crippen molar-refractivity contribution in [3.63, 3.8) is 0 Å². The second-order valence-corrected chi connectivity index (χ2v) is 6.54. The van der Waals surface area contributed by atoms with Crippen molar-refractivity contribution < 1.29 is 23.1 Å². The van der Waals surface area contributed by atoms with Gasteiger partial charge in [-0.3, -0.25) is 0 Å². The average Bonchev–Trinajstić information content (AvgIpc) is 2.61. The third-order valence-corrected chi connectivity index (χ3v) is 4.44. The van der Waals surface area contributed by atoms with Crippen LogP contribution in [-0.2, 0) is 12.7 Å². The first-order valence-electron chi connectivity index (χ1n) is 7.99. The van der Waals surface area contributed by atoms with Gasteiger partial charge in [0.15, 0.2) is 0 Å². The van der Waals surface area contributed by atoms with E-state index in [1.807, 2.05) is 0 Å². The number of amides is 2. The number of nitrogens with zero attached hydrogens (tertiary/aromatic N) is 1. The molecule has 0 unspecified atom stereocenters. The Labute approximate surface area is 164 Å². The number of aliphatic hydroxyl groups is 1. The Morgan fingerprint density at radius 1 is 1.11 bits per heavy atom. The Balaban J connectivity index is 2.21. The highest BCUT2D eigenvalue weighted by Gasteiger charge is 2.33. The van der Waals surface area contributed by atoms with Crippen molar-refractivity contribution in [2.75, 3.05) is 18.5 Å². The van der Waals surface area contributed by atoms with Crippen molar-refractivity contribution in [1.82, 2.24) is 4.90 Å². The molecule has 0 heterocycles. The summed E-state index contributed by atoms with van der Waals surface area (Å²) in [6.07, 6.45) is -4.32. The van der Waals surface area contributed by atoms with Crippen LogP contribution in [0.4, 0.5) is 23.7 Å². The molecule has 0 atom stereocenters. The van der Waals surface area contributed by atoms with Crippen LogP contribution in [-0.4, -0.2) is 29.2 Å². The molecule has 0 saturated carbocycles. The summed E-state index contributed by atoms with van der Waals surface area (Å²) in [5.74, 6) is 0. The van der Waals surface area contributed by atoms with Gasteiger partial charge in [-0.05, 0) is 36.2 Å². The summed E-state index contributed by atoms with van der Waals surface area (Å²) in [5.41, 5.74) is -0.616. The predicted molar refractivity (Wildman–Crippen MR) is 99.0 cm³/mol. The summed E-state index contributed by atoms with van der Waals surface area (Å²) < 4.78 is 39.3. The van der Waals surface area contributed by atoms with E-state index in [-0.39, 0.29) is 31.8 Å². The number of aliphatic hydroxyl groups excluding tert-OH is 1. The van der Waals surface area contributed by atoms with Crippen LogP contribution < -0.4 is 5.32 Å². The van der Waals surface area contributed by atoms with E-state index in [4.69, 9.17) is 28.3 Å². The lowest BCUT2D eigenvalue weighted by atomic mass is 10.1. The topological polar surface area (TPSA) is 52.6 Å². The molecule has 0 fully saturated rings. The number of benzene rings is 2. The molecule has 2 aromatic carbocycles. The number of urea groups is 1. The zero-order valence-corrected chi connectivity index (χ0v) is 15.6. The van der Waals surface area contributed by atoms with Crippen LogP contribution in [0.5, 0.6) is 0 Å². The largest absolute Gasteiger partial charge is 0.418 e. The van der Waals surface area contributed by atoms with Crippen molar-refractivity contribution in [1.29, 1.82) is 0 Å². The van der Waals surface area contributed by atoms with Crippen LogP contribution in [0.25, 0.3) is 0 Å². The van der Waals surface area contributed by atoms with E-state index in [0.717, 1.165) is 6.07 Å². The summed E-state index contributed by atoms with van der Waals surface area (Å²) in [7, 11) is 0. The van der Waals surface area contributed by atoms with Crippen LogP contribution in [0, 0.1) is 0 Å². The Hall–Kier alpha value is -1.96. The third kappa shape index (κ3) is 6.02. The minimum Gasteiger partial charge on any atom is -0.396 e. The van der Waals surface area contributed by atoms with Gasteiger partial charge in [-0.1, -0.05) is 41.4 Å². The van der Waals surface area contributed by atoms with E-state index in [0.29, 0.717) is 15.6 Å². The molecule has 0 radical (unpaired) electrons. The molecule has 0 aliphatic heterocycles. The highest BCUT2D eigenvalue weighted by atomic mass is 35.5. The first kappa shape index (κ1) is 21.3. The number of halogens is 5. The van der Waals surface area contributed by atoms with Crippen molar-refractivity contribution in [2.45, 2.75) is 19.1 Å². The van der Waals surface area contributed by atoms with Crippen LogP contribution >= 0.6 is 23.2 Å². The summed E-state index contributed by atoms with van der Waals surface area (Å²) >= 11 is 11.8. The molecule has 0 spiro atoms. The summed E-state index contributed by atoms with van der Waals surface area (Å²) in [6.45, 7) is 0.0813. The van der Waals surface area contributed by atoms with Gasteiger partial charge in [-0.2, -0.15) is 13.2 Å². The molecule has 0 aliphatic rings. The molecule has 0 aromatic heterocycles. The predicted octanol–water partition coefficient (Wildman–Crippen LogP) is 5.43. The summed E-state index contributed by atoms with van der Waals surface area (Å²) in [4.78, 5) is 13.9. The molecule has 0 bridgehead atoms. The van der Waals surface area contributed by atoms with Gasteiger partial charge in [0, 0.05) is 19.7 Å². The molecule has 2 rings (SSSR count). The smallest absolute Gasteiger partial charge is 0.396 e. The maximum atomic E-state index is 13.1. The van der Waals surface area contributed by atoms with Crippen LogP contribution in [0.2, 0.25) is 10.0 Å². The number of hydrogen-bond donors (Lipinski definition) is 2. The lowest BCUT2D eigenvalue weighted by Gasteiger charge is -2.24. The number of carbonyl (C=O) groups excluding carboxylic acids is 1. The third-order valence-electron chi connectivity index (χ3n) is 3.70. The zero-order chi connectivity index (χ0) is 20.0. The van der Waals surface area contributed by atoms with E-state index in [1.54, 1.807) is 18.2 Å². The monoisotopic (exact) mass is 420 g/mol. The fourth-order valence-corrected chi connectivity index (χ4v) is 2.73. The van der Waals surface area contributed by atoms with E-state index in [1.165, 1.54) is 23.1 Å². The maximum Gasteiger partial charge on any atom is 0.418 e. The SMILES string of the molecule is O=C(Nc1ccccc1C(F)(F)F)N(CCCO)Cc1ccc(Cl)c(Cl)c1. The highest BCUT2D eigenvalue weighted by molar-refractivity contribution is 6.42. The molecule has 2 N–H and O–H groups in total. The zero-order valence-electron chi connectivity index (χ0n) is 14.1. The van der Waals surface area contributed by atoms with Gasteiger partial charge in [0.05, 0.1) is 21.3 Å². The number of anilines is 1. The van der Waals surface area contributed by atoms with Gasteiger partial charge >= 0.3 is 12.2 Å². The first-order chi connectivity index (χ1) is 12.7. The molecule has 4 nitrogen and oxygen atoms in total. The van der Waals surface area contributed by atoms with Gasteiger partial charge in [0.2, 0.25) is 0 Å². The Kier molecular flexibility index (Phi) is 7.35. The van der Waals surface area contributed by atoms with Crippen molar-refractivity contribution in [3.8, 4) is 0 Å². The van der Waals surface area contributed by atoms with E-state index < -0.39 is 17.8 Å². The number of carbonyl (C=O) groups is 1. The van der Waals surface area contributed by atoms with Crippen molar-refractivity contribution >= 4 is 34.9 Å². The van der Waals surface area contributed by atoms with Gasteiger partial charge in [-0.15, -0.1) is 0 Å². The Morgan fingerprint density at radius 3 is 2.44 bits per heavy atom. The lowest BCUT2D eigenvalue weighted by Crippen LogP contribution is -2.36. The normalized spacial score (nSPS) is 11.3. The highest BCUT2D eigenvalue weighted by Crippen LogP contribution is 2.34. The number of para-hydroxylation sites is 1. The van der Waals surface area contributed by atoms with Gasteiger partial charge in [-0.25, -0.2) is 4.79 Å². The fraction of sp³-hybridized carbons (Fsp3) is 0.278. The molecule has 146 valence electrons. The number of nitrogens with one attached hydrogen (secondary N) is 1. The van der Waals surface area contributed by atoms with E-state index >= 15 is 0 Å². The summed E-state index contributed by atoms with van der Waals surface area (Å²) in [6, 6.07) is 8.83. The van der Waals surface area contributed by atoms with Crippen molar-refractivity contribution in [2.24, 2.45) is 0 Å². The quantitative estimate of drug-likeness (QED) is 0.654. The first-order valence-corrected chi connectivity index (χ1v) is 8.75. The van der Waals surface area contributed by atoms with Gasteiger partial charge in [0.1, 0.15) is 0 Å². The minimum absolute atomic E-state index is 0.0942. The van der Waals surface area contributed by atoms with Crippen LogP contribution in [0.15, 0.2) is 42.5 Å². The van der Waals surface area contributed by atoms with Crippen molar-refractivity contribution in [3.05, 3.63) is 63.6 Å². The van der Waals surface area contributed by atoms with Crippen LogP contribution in [0.3, 0.4) is 0 Å². The number of hydrogen-bond acceptors (Lipinski definition) is 2. The maximum absolute atomic E-state index is 13.1. The van der Waals surface area contributed by atoms with Gasteiger partial charge in [0.25, 0.3) is 0 Å². The van der Waals surface area contributed by atoms with E-state index in [2.05, 4.69) is 5.32 Å². The molecular weight excluding hydrogens is 404 g/mol. The standard InChI is InChI=1S/C18H17Cl2F3N2O2/c19-14-7-6-12(10-15(14)20)11-25(8-3-9-26)17(27)24-16-5-2-1-4-13(16)18(21,22)23/h1-2,4-7,10,26H,3,8-9,11H2,(H,24,27). The molecule has 27 heavy (non-hydrogen) atoms. The molecule has 2 aromatic rings. The fourth-order valence-electron chi connectivity index (χ4n) is 2.41. The Bertz CT molecular complexity index is 800. The minimum atomic E-state index is -4.59. The lowest BCUT2D eigenvalue weighted by molar-refractivity contribution is -0.136. The number of alkyl halides is 3.